The van der Waals surface area contributed by atoms with Gasteiger partial charge in [0.2, 0.25) is 5.95 Å². The van der Waals surface area contributed by atoms with Crippen LogP contribution in [0.3, 0.4) is 0 Å². The van der Waals surface area contributed by atoms with E-state index in [1.807, 2.05) is 4.98 Å². The molecule has 0 bridgehead atoms. The van der Waals surface area contributed by atoms with Crippen molar-refractivity contribution >= 4 is 17.1 Å². The maximum atomic E-state index is 11.1. The molecule has 0 aliphatic heterocycles. The van der Waals surface area contributed by atoms with Crippen LogP contribution in [-0.2, 0) is 0 Å². The van der Waals surface area contributed by atoms with Crippen LogP contribution in [0.25, 0.3) is 11.2 Å². The number of rotatable bonds is 1. The summed E-state index contributed by atoms with van der Waals surface area (Å²) >= 11 is 0. The summed E-state index contributed by atoms with van der Waals surface area (Å²) in [7, 11) is 0. The standard InChI is InChI=1S/C5H5N5O3/c11-3-1-2(8-5(12)9-3)7-4(6-1)10-13/h13H,(H4,6,7,8,9,10,11,12). The van der Waals surface area contributed by atoms with Crippen LogP contribution in [0.2, 0.25) is 0 Å². The smallest absolute Gasteiger partial charge is 0.317 e. The van der Waals surface area contributed by atoms with Crippen LogP contribution in [0.4, 0.5) is 5.95 Å². The van der Waals surface area contributed by atoms with Crippen molar-refractivity contribution in [3.8, 4) is 0 Å². The van der Waals surface area contributed by atoms with Crippen LogP contribution in [0, 0.1) is 0 Å². The Labute approximate surface area is 69.6 Å². The van der Waals surface area contributed by atoms with Gasteiger partial charge < -0.3 is 4.98 Å². The Balaban J connectivity index is 2.91. The summed E-state index contributed by atoms with van der Waals surface area (Å²) in [5.41, 5.74) is 0.669. The predicted octanol–water partition coefficient (Wildman–Crippen LogP) is -1.26. The minimum atomic E-state index is -0.645. The van der Waals surface area contributed by atoms with Gasteiger partial charge in [0.1, 0.15) is 0 Å². The molecule has 2 aromatic rings. The second-order valence-corrected chi connectivity index (χ2v) is 2.33. The van der Waals surface area contributed by atoms with Crippen molar-refractivity contribution in [2.24, 2.45) is 0 Å². The molecule has 2 rings (SSSR count). The maximum Gasteiger partial charge on any atom is 0.327 e. The van der Waals surface area contributed by atoms with E-state index < -0.39 is 11.2 Å². The zero-order chi connectivity index (χ0) is 9.42. The molecule has 2 heterocycles. The maximum absolute atomic E-state index is 11.1. The Morgan fingerprint density at radius 2 is 2.00 bits per heavy atom. The van der Waals surface area contributed by atoms with Crippen LogP contribution < -0.4 is 16.7 Å². The van der Waals surface area contributed by atoms with E-state index in [1.54, 1.807) is 5.48 Å². The van der Waals surface area contributed by atoms with Crippen LogP contribution in [0.5, 0.6) is 0 Å². The fourth-order valence-electron chi connectivity index (χ4n) is 0.985. The van der Waals surface area contributed by atoms with E-state index >= 15 is 0 Å². The monoisotopic (exact) mass is 183 g/mol. The SMILES string of the molecule is O=c1[nH]c(=O)c2[nH]c(NO)nc2[nH]1. The Morgan fingerprint density at radius 3 is 2.69 bits per heavy atom. The van der Waals surface area contributed by atoms with E-state index in [0.717, 1.165) is 0 Å². The fraction of sp³-hybridized carbons (Fsp3) is 0. The van der Waals surface area contributed by atoms with Crippen LogP contribution in [0.1, 0.15) is 0 Å². The highest BCUT2D eigenvalue weighted by molar-refractivity contribution is 5.71. The molecule has 0 amide bonds. The molecule has 0 aliphatic carbocycles. The molecule has 0 spiro atoms. The second kappa shape index (κ2) is 2.45. The highest BCUT2D eigenvalue weighted by Gasteiger charge is 2.05. The number of H-pyrrole nitrogens is 3. The molecule has 0 saturated carbocycles. The van der Waals surface area contributed by atoms with Gasteiger partial charge in [-0.2, -0.15) is 4.98 Å². The van der Waals surface area contributed by atoms with Crippen molar-refractivity contribution in [3.05, 3.63) is 20.8 Å². The van der Waals surface area contributed by atoms with Gasteiger partial charge in [-0.1, -0.05) is 0 Å². The average molecular weight is 183 g/mol. The molecule has 2 aromatic heterocycles. The van der Waals surface area contributed by atoms with Gasteiger partial charge in [-0.3, -0.25) is 20.0 Å². The minimum absolute atomic E-state index is 0.0117. The number of fused-ring (bicyclic) bond motifs is 1. The lowest BCUT2D eigenvalue weighted by Crippen LogP contribution is -2.21. The summed E-state index contributed by atoms with van der Waals surface area (Å²) in [5, 5.41) is 8.45. The van der Waals surface area contributed by atoms with E-state index in [2.05, 4.69) is 15.0 Å². The number of hydrogen-bond donors (Lipinski definition) is 5. The number of anilines is 1. The van der Waals surface area contributed by atoms with Crippen LogP contribution >= 0.6 is 0 Å². The third kappa shape index (κ3) is 1.08. The first-order chi connectivity index (χ1) is 6.20. The van der Waals surface area contributed by atoms with Crippen LogP contribution in [-0.4, -0.2) is 25.1 Å². The van der Waals surface area contributed by atoms with Crippen molar-refractivity contribution in [1.29, 1.82) is 0 Å². The zero-order valence-electron chi connectivity index (χ0n) is 6.21. The van der Waals surface area contributed by atoms with Gasteiger partial charge in [-0.25, -0.2) is 10.3 Å². The van der Waals surface area contributed by atoms with Crippen molar-refractivity contribution < 1.29 is 5.21 Å². The summed E-state index contributed by atoms with van der Waals surface area (Å²) < 4.78 is 0. The lowest BCUT2D eigenvalue weighted by molar-refractivity contribution is 0.383. The van der Waals surface area contributed by atoms with Gasteiger partial charge in [-0.15, -0.1) is 0 Å². The van der Waals surface area contributed by atoms with Crippen molar-refractivity contribution in [2.75, 3.05) is 5.48 Å². The molecule has 0 aromatic carbocycles. The first kappa shape index (κ1) is 7.55. The average Bonchev–Trinajstić information content (AvgIpc) is 2.47. The molecule has 0 unspecified atom stereocenters. The molecule has 0 radical (unpaired) electrons. The Bertz CT molecular complexity index is 549. The third-order valence-corrected chi connectivity index (χ3v) is 1.50. The molecule has 13 heavy (non-hydrogen) atoms. The van der Waals surface area contributed by atoms with Gasteiger partial charge in [0.05, 0.1) is 0 Å². The number of aromatic amines is 3. The molecule has 0 fully saturated rings. The molecular formula is C5H5N5O3. The molecule has 5 N–H and O–H groups in total. The summed E-state index contributed by atoms with van der Waals surface area (Å²) in [6.07, 6.45) is 0. The van der Waals surface area contributed by atoms with Gasteiger partial charge >= 0.3 is 5.69 Å². The minimum Gasteiger partial charge on any atom is -0.317 e. The Hall–Kier alpha value is -2.09. The summed E-state index contributed by atoms with van der Waals surface area (Å²) in [6, 6.07) is 0. The quantitative estimate of drug-likeness (QED) is 0.353. The van der Waals surface area contributed by atoms with Gasteiger partial charge in [0, 0.05) is 0 Å². The molecule has 0 saturated heterocycles. The third-order valence-electron chi connectivity index (χ3n) is 1.50. The van der Waals surface area contributed by atoms with E-state index in [-0.39, 0.29) is 17.1 Å². The first-order valence-electron chi connectivity index (χ1n) is 3.33. The lowest BCUT2D eigenvalue weighted by atomic mass is 10.5. The van der Waals surface area contributed by atoms with Gasteiger partial charge in [0.15, 0.2) is 11.2 Å². The molecule has 8 nitrogen and oxygen atoms in total. The van der Waals surface area contributed by atoms with Crippen LogP contribution in [0.15, 0.2) is 9.59 Å². The summed E-state index contributed by atoms with van der Waals surface area (Å²) in [5.74, 6) is -0.0117. The number of nitrogens with one attached hydrogen (secondary N) is 4. The normalized spacial score (nSPS) is 10.5. The number of nitrogens with zero attached hydrogens (tertiary/aromatic N) is 1. The highest BCUT2D eigenvalue weighted by Crippen LogP contribution is 2.03. The topological polar surface area (TPSA) is 127 Å². The molecular weight excluding hydrogens is 178 g/mol. The van der Waals surface area contributed by atoms with Gasteiger partial charge in [-0.05, 0) is 0 Å². The Morgan fingerprint density at radius 1 is 1.23 bits per heavy atom. The Kier molecular flexibility index (Phi) is 1.43. The van der Waals surface area contributed by atoms with Crippen molar-refractivity contribution in [2.45, 2.75) is 0 Å². The predicted molar refractivity (Wildman–Crippen MR) is 42.7 cm³/mol. The van der Waals surface area contributed by atoms with Crippen molar-refractivity contribution in [3.63, 3.8) is 0 Å². The number of aromatic nitrogens is 4. The van der Waals surface area contributed by atoms with E-state index in [0.29, 0.717) is 0 Å². The number of imidazole rings is 1. The molecule has 0 atom stereocenters. The summed E-state index contributed by atoms with van der Waals surface area (Å²) in [6.45, 7) is 0. The zero-order valence-corrected chi connectivity index (χ0v) is 6.21. The van der Waals surface area contributed by atoms with E-state index in [1.165, 1.54) is 0 Å². The first-order valence-corrected chi connectivity index (χ1v) is 3.33. The lowest BCUT2D eigenvalue weighted by Gasteiger charge is -1.84. The number of hydrogen-bond acceptors (Lipinski definition) is 5. The van der Waals surface area contributed by atoms with E-state index in [9.17, 15) is 9.59 Å². The van der Waals surface area contributed by atoms with E-state index in [4.69, 9.17) is 5.21 Å². The molecule has 0 aliphatic rings. The molecule has 68 valence electrons. The summed E-state index contributed by atoms with van der Waals surface area (Å²) in [4.78, 5) is 32.2. The largest absolute Gasteiger partial charge is 0.327 e. The molecule has 8 heteroatoms. The second-order valence-electron chi connectivity index (χ2n) is 2.33. The van der Waals surface area contributed by atoms with Crippen molar-refractivity contribution in [1.82, 2.24) is 19.9 Å². The fourth-order valence-corrected chi connectivity index (χ4v) is 0.985. The highest BCUT2D eigenvalue weighted by atomic mass is 16.5. The van der Waals surface area contributed by atoms with Gasteiger partial charge in [0.25, 0.3) is 5.56 Å².